The van der Waals surface area contributed by atoms with E-state index in [2.05, 4.69) is 10.2 Å². The fourth-order valence-corrected chi connectivity index (χ4v) is 4.75. The average molecular weight is 383 g/mol. The molecule has 2 fully saturated rings. The van der Waals surface area contributed by atoms with Crippen LogP contribution in [-0.4, -0.2) is 36.0 Å². The Balaban J connectivity index is 0.00000169. The van der Waals surface area contributed by atoms with Crippen LogP contribution in [0.2, 0.25) is 5.02 Å². The lowest BCUT2D eigenvalue weighted by molar-refractivity contribution is 0.0685. The van der Waals surface area contributed by atoms with Crippen molar-refractivity contribution in [1.29, 1.82) is 0 Å². The van der Waals surface area contributed by atoms with E-state index in [1.165, 1.54) is 0 Å². The molecule has 4 rings (SSSR count). The van der Waals surface area contributed by atoms with Gasteiger partial charge >= 0.3 is 0 Å². The molecule has 2 aliphatic heterocycles. The minimum absolute atomic E-state index is 0. The van der Waals surface area contributed by atoms with Gasteiger partial charge in [-0.2, -0.15) is 0 Å². The van der Waals surface area contributed by atoms with E-state index < -0.39 is 0 Å². The second kappa shape index (κ2) is 7.44. The Labute approximate surface area is 157 Å². The maximum Gasteiger partial charge on any atom is 0.264 e. The Bertz CT molecular complexity index is 702. The molecule has 2 aromatic rings. The number of fused-ring (bicyclic) bond motifs is 2. The number of hydrogen-bond donors (Lipinski definition) is 1. The summed E-state index contributed by atoms with van der Waals surface area (Å²) in [6.07, 6.45) is 3.34. The number of amides is 1. The van der Waals surface area contributed by atoms with Gasteiger partial charge < -0.3 is 10.2 Å². The molecule has 2 bridgehead atoms. The summed E-state index contributed by atoms with van der Waals surface area (Å²) in [5.74, 6) is 0.200. The fourth-order valence-electron chi connectivity index (χ4n) is 3.66. The first-order valence-electron chi connectivity index (χ1n) is 8.11. The van der Waals surface area contributed by atoms with Gasteiger partial charge in [-0.25, -0.2) is 0 Å². The van der Waals surface area contributed by atoms with Crippen LogP contribution in [0.15, 0.2) is 36.4 Å². The molecule has 0 aliphatic carbocycles. The zero-order valence-corrected chi connectivity index (χ0v) is 15.6. The van der Waals surface area contributed by atoms with Gasteiger partial charge in [0.25, 0.3) is 5.91 Å². The van der Waals surface area contributed by atoms with Crippen LogP contribution in [0.5, 0.6) is 0 Å². The SMILES string of the molecule is Cl.O=C(c1ccc(-c2ccc(Cl)cc2)s1)N1C2CCNCC1CC2. The van der Waals surface area contributed by atoms with Crippen LogP contribution >= 0.6 is 35.3 Å². The summed E-state index contributed by atoms with van der Waals surface area (Å²) < 4.78 is 0. The van der Waals surface area contributed by atoms with Crippen LogP contribution in [0, 0.1) is 0 Å². The lowest BCUT2D eigenvalue weighted by Gasteiger charge is -2.27. The predicted molar refractivity (Wildman–Crippen MR) is 102 cm³/mol. The van der Waals surface area contributed by atoms with E-state index in [1.807, 2.05) is 36.4 Å². The molecule has 24 heavy (non-hydrogen) atoms. The standard InChI is InChI=1S/C18H19ClN2OS.ClH/c19-13-3-1-12(2-4-13)16-7-8-17(23-16)18(22)21-14-5-6-15(21)11-20-10-9-14;/h1-4,7-8,14-15,20H,5-6,9-11H2;1H. The van der Waals surface area contributed by atoms with Gasteiger partial charge in [-0.3, -0.25) is 4.79 Å². The minimum Gasteiger partial charge on any atom is -0.331 e. The quantitative estimate of drug-likeness (QED) is 0.831. The molecule has 0 spiro atoms. The molecule has 2 atom stereocenters. The van der Waals surface area contributed by atoms with Gasteiger partial charge in [-0.05, 0) is 55.6 Å². The highest BCUT2D eigenvalue weighted by Gasteiger charge is 2.38. The number of nitrogens with one attached hydrogen (secondary N) is 1. The fraction of sp³-hybridized carbons (Fsp3) is 0.389. The van der Waals surface area contributed by atoms with Crippen LogP contribution in [-0.2, 0) is 0 Å². The van der Waals surface area contributed by atoms with E-state index >= 15 is 0 Å². The predicted octanol–water partition coefficient (Wildman–Crippen LogP) is 4.46. The number of halogens is 2. The smallest absolute Gasteiger partial charge is 0.264 e. The highest BCUT2D eigenvalue weighted by molar-refractivity contribution is 7.17. The van der Waals surface area contributed by atoms with Crippen molar-refractivity contribution in [2.45, 2.75) is 31.3 Å². The molecule has 0 saturated carbocycles. The topological polar surface area (TPSA) is 32.3 Å². The second-order valence-corrected chi connectivity index (χ2v) is 7.78. The Kier molecular flexibility index (Phi) is 5.50. The maximum absolute atomic E-state index is 13.0. The molecular formula is C18H20Cl2N2OS. The van der Waals surface area contributed by atoms with Crippen LogP contribution in [0.1, 0.15) is 28.9 Å². The van der Waals surface area contributed by atoms with Crippen molar-refractivity contribution >= 4 is 41.3 Å². The number of nitrogens with zero attached hydrogens (tertiary/aromatic N) is 1. The first-order chi connectivity index (χ1) is 11.2. The van der Waals surface area contributed by atoms with Crippen LogP contribution in [0.4, 0.5) is 0 Å². The van der Waals surface area contributed by atoms with Gasteiger partial charge in [0.1, 0.15) is 0 Å². The minimum atomic E-state index is 0. The van der Waals surface area contributed by atoms with Crippen molar-refractivity contribution in [3.05, 3.63) is 46.3 Å². The summed E-state index contributed by atoms with van der Waals surface area (Å²) >= 11 is 7.53. The van der Waals surface area contributed by atoms with E-state index in [0.29, 0.717) is 12.1 Å². The third kappa shape index (κ3) is 3.33. The van der Waals surface area contributed by atoms with Crippen LogP contribution < -0.4 is 5.32 Å². The van der Waals surface area contributed by atoms with Crippen molar-refractivity contribution in [1.82, 2.24) is 10.2 Å². The molecule has 2 aliphatic rings. The van der Waals surface area contributed by atoms with E-state index in [9.17, 15) is 4.79 Å². The van der Waals surface area contributed by atoms with Crippen molar-refractivity contribution in [2.75, 3.05) is 13.1 Å². The molecule has 3 heterocycles. The van der Waals surface area contributed by atoms with Gasteiger partial charge in [-0.15, -0.1) is 23.7 Å². The monoisotopic (exact) mass is 382 g/mol. The number of hydrogen-bond acceptors (Lipinski definition) is 3. The normalized spacial score (nSPS) is 22.8. The number of rotatable bonds is 2. The lowest BCUT2D eigenvalue weighted by Crippen LogP contribution is -2.42. The zero-order valence-electron chi connectivity index (χ0n) is 13.2. The van der Waals surface area contributed by atoms with E-state index in [1.54, 1.807) is 11.3 Å². The molecule has 1 aromatic carbocycles. The van der Waals surface area contributed by atoms with Crippen molar-refractivity contribution in [3.8, 4) is 10.4 Å². The molecule has 128 valence electrons. The van der Waals surface area contributed by atoms with Crippen molar-refractivity contribution in [3.63, 3.8) is 0 Å². The van der Waals surface area contributed by atoms with Crippen molar-refractivity contribution < 1.29 is 4.79 Å². The Morgan fingerprint density at radius 1 is 1.08 bits per heavy atom. The van der Waals surface area contributed by atoms with Gasteiger partial charge in [0.15, 0.2) is 0 Å². The van der Waals surface area contributed by atoms with Gasteiger partial charge in [0, 0.05) is 28.5 Å². The number of carbonyl (C=O) groups excluding carboxylic acids is 1. The van der Waals surface area contributed by atoms with Crippen molar-refractivity contribution in [2.24, 2.45) is 0 Å². The zero-order chi connectivity index (χ0) is 15.8. The Morgan fingerprint density at radius 2 is 1.83 bits per heavy atom. The summed E-state index contributed by atoms with van der Waals surface area (Å²) in [7, 11) is 0. The van der Waals surface area contributed by atoms with Gasteiger partial charge in [0.2, 0.25) is 0 Å². The number of carbonyl (C=O) groups is 1. The molecule has 0 radical (unpaired) electrons. The molecule has 1 aromatic heterocycles. The van der Waals surface area contributed by atoms with Crippen LogP contribution in [0.25, 0.3) is 10.4 Å². The first kappa shape index (κ1) is 17.7. The average Bonchev–Trinajstić information content (AvgIpc) is 3.11. The highest BCUT2D eigenvalue weighted by Crippen LogP contribution is 2.34. The second-order valence-electron chi connectivity index (χ2n) is 6.26. The third-order valence-corrected chi connectivity index (χ3v) is 6.21. The molecule has 3 nitrogen and oxygen atoms in total. The van der Waals surface area contributed by atoms with E-state index in [0.717, 1.165) is 52.7 Å². The van der Waals surface area contributed by atoms with Gasteiger partial charge in [-0.1, -0.05) is 23.7 Å². The Morgan fingerprint density at radius 3 is 2.62 bits per heavy atom. The maximum atomic E-state index is 13.0. The van der Waals surface area contributed by atoms with E-state index in [-0.39, 0.29) is 18.3 Å². The largest absolute Gasteiger partial charge is 0.331 e. The molecule has 1 N–H and O–H groups in total. The third-order valence-electron chi connectivity index (χ3n) is 4.83. The summed E-state index contributed by atoms with van der Waals surface area (Å²) in [6, 6.07) is 12.6. The number of thiophene rings is 1. The molecule has 2 unspecified atom stereocenters. The molecular weight excluding hydrogens is 363 g/mol. The number of benzene rings is 1. The summed E-state index contributed by atoms with van der Waals surface area (Å²) in [5, 5.41) is 4.18. The summed E-state index contributed by atoms with van der Waals surface area (Å²) in [4.78, 5) is 17.1. The van der Waals surface area contributed by atoms with Crippen LogP contribution in [0.3, 0.4) is 0 Å². The van der Waals surface area contributed by atoms with E-state index in [4.69, 9.17) is 11.6 Å². The molecule has 6 heteroatoms. The highest BCUT2D eigenvalue weighted by atomic mass is 35.5. The summed E-state index contributed by atoms with van der Waals surface area (Å²) in [5.41, 5.74) is 1.11. The molecule has 1 amide bonds. The Hall–Kier alpha value is -1.07. The lowest BCUT2D eigenvalue weighted by atomic mass is 10.1. The first-order valence-corrected chi connectivity index (χ1v) is 9.31. The van der Waals surface area contributed by atoms with Gasteiger partial charge in [0.05, 0.1) is 4.88 Å². The molecule has 2 saturated heterocycles. The summed E-state index contributed by atoms with van der Waals surface area (Å²) in [6.45, 7) is 1.95.